The van der Waals surface area contributed by atoms with Gasteiger partial charge in [0.05, 0.1) is 0 Å². The first kappa shape index (κ1) is 6.93. The van der Waals surface area contributed by atoms with Gasteiger partial charge in [0.25, 0.3) is 0 Å². The van der Waals surface area contributed by atoms with E-state index >= 15 is 0 Å². The second kappa shape index (κ2) is 2.30. The van der Waals surface area contributed by atoms with E-state index in [0.717, 1.165) is 0 Å². The summed E-state index contributed by atoms with van der Waals surface area (Å²) in [5.74, 6) is 0. The molecule has 1 heteroatoms. The molecule has 0 saturated heterocycles. The van der Waals surface area contributed by atoms with Crippen molar-refractivity contribution < 1.29 is 0 Å². The van der Waals surface area contributed by atoms with Crippen molar-refractivity contribution >= 4 is 13.4 Å². The Morgan fingerprint density at radius 1 is 1.57 bits per heavy atom. The molecule has 40 valence electrons. The van der Waals surface area contributed by atoms with Crippen LogP contribution in [0.5, 0.6) is 0 Å². The van der Waals surface area contributed by atoms with Crippen molar-refractivity contribution in [2.24, 2.45) is 0 Å². The third-order valence-electron chi connectivity index (χ3n) is 1.46. The summed E-state index contributed by atoms with van der Waals surface area (Å²) in [6.45, 7) is 12.2. The number of hydrogen-bond acceptors (Lipinski definition) is 0. The summed E-state index contributed by atoms with van der Waals surface area (Å²) in [4.78, 5) is 0. The summed E-state index contributed by atoms with van der Waals surface area (Å²) in [5.41, 5.74) is 0. The monoisotopic (exact) mass is 96.1 g/mol. The van der Waals surface area contributed by atoms with Crippen LogP contribution in [0.25, 0.3) is 0 Å². The van der Waals surface area contributed by atoms with E-state index in [-0.39, 0.29) is 0 Å². The summed E-state index contributed by atoms with van der Waals surface area (Å²) in [6, 6.07) is 0. The van der Waals surface area contributed by atoms with Gasteiger partial charge in [-0.05, 0) is 0 Å². The van der Waals surface area contributed by atoms with E-state index in [1.807, 2.05) is 6.92 Å². The molecule has 0 N–H and O–H groups in total. The molecule has 0 aliphatic carbocycles. The summed E-state index contributed by atoms with van der Waals surface area (Å²) < 4.78 is 0. The molecule has 0 bridgehead atoms. The maximum atomic E-state index is 3.70. The van der Waals surface area contributed by atoms with Gasteiger partial charge < -0.3 is 0 Å². The van der Waals surface area contributed by atoms with E-state index in [2.05, 4.69) is 27.2 Å². The van der Waals surface area contributed by atoms with Gasteiger partial charge in [-0.15, -0.1) is 0 Å². The molecule has 0 aliphatic rings. The molecule has 0 nitrogen and oxygen atoms in total. The van der Waals surface area contributed by atoms with E-state index in [1.165, 1.54) is 6.42 Å². The van der Waals surface area contributed by atoms with Gasteiger partial charge in [0.1, 0.15) is 0 Å². The summed E-state index contributed by atoms with van der Waals surface area (Å²) in [6.07, 6.45) is 1.18. The summed E-state index contributed by atoms with van der Waals surface area (Å²) in [7, 11) is 0. The van der Waals surface area contributed by atoms with Crippen LogP contribution in [0.3, 0.4) is 0 Å². The van der Waals surface area contributed by atoms with Crippen molar-refractivity contribution in [1.82, 2.24) is 0 Å². The van der Waals surface area contributed by atoms with E-state index in [4.69, 9.17) is 0 Å². The molecule has 0 unspecified atom stereocenters. The second-order valence-corrected chi connectivity index (χ2v) is 2.55. The molecule has 0 fully saturated rings. The van der Waals surface area contributed by atoms with Crippen molar-refractivity contribution in [2.75, 3.05) is 0 Å². The van der Waals surface area contributed by atoms with Crippen LogP contribution in [0.4, 0.5) is 0 Å². The Kier molecular flexibility index (Phi) is 2.27. The van der Waals surface area contributed by atoms with Gasteiger partial charge >= 0.3 is 45.9 Å². The van der Waals surface area contributed by atoms with Crippen LogP contribution in [0, 0.1) is 0 Å². The van der Waals surface area contributed by atoms with Crippen LogP contribution < -0.4 is 0 Å². The zero-order valence-electron chi connectivity index (χ0n) is 5.49. The van der Waals surface area contributed by atoms with Gasteiger partial charge in [-0.2, -0.15) is 0 Å². The molecule has 0 aromatic heterocycles. The summed E-state index contributed by atoms with van der Waals surface area (Å²) >= 11 is 0. The van der Waals surface area contributed by atoms with E-state index < -0.39 is 0 Å². The van der Waals surface area contributed by atoms with Gasteiger partial charge in [0.15, 0.2) is 0 Å². The molecule has 0 heterocycles. The van der Waals surface area contributed by atoms with Crippen molar-refractivity contribution in [3.63, 3.8) is 0 Å². The van der Waals surface area contributed by atoms with Gasteiger partial charge in [-0.3, -0.25) is 0 Å². The number of hydrogen-bond donors (Lipinski definition) is 0. The van der Waals surface area contributed by atoms with Crippen LogP contribution in [-0.4, -0.2) is 13.4 Å². The Bertz CT molecular complexity index is 64.6. The standard InChI is InChI=1S/C6H13B/c1-5-6(2,3)7-4/h4-5H2,1-3H3. The molecule has 0 radical (unpaired) electrons. The third kappa shape index (κ3) is 2.61. The summed E-state index contributed by atoms with van der Waals surface area (Å²) in [5, 5.41) is 0.347. The van der Waals surface area contributed by atoms with Gasteiger partial charge in [0, 0.05) is 0 Å². The third-order valence-corrected chi connectivity index (χ3v) is 1.46. The minimum absolute atomic E-state index is 0.347. The molecular formula is C6H13B. The van der Waals surface area contributed by atoms with Crippen LogP contribution in [-0.2, 0) is 0 Å². The molecule has 0 atom stereocenters. The second-order valence-electron chi connectivity index (χ2n) is 2.55. The molecule has 0 rings (SSSR count). The average Bonchev–Trinajstić information content (AvgIpc) is 1.68. The van der Waals surface area contributed by atoms with Crippen molar-refractivity contribution in [1.29, 1.82) is 0 Å². The van der Waals surface area contributed by atoms with Gasteiger partial charge in [0.2, 0.25) is 0 Å². The molecule has 0 spiro atoms. The van der Waals surface area contributed by atoms with Crippen molar-refractivity contribution in [2.45, 2.75) is 32.5 Å². The Morgan fingerprint density at radius 3 is 2.00 bits per heavy atom. The van der Waals surface area contributed by atoms with Gasteiger partial charge in [-0.25, -0.2) is 0 Å². The van der Waals surface area contributed by atoms with E-state index in [1.54, 1.807) is 0 Å². The Hall–Kier alpha value is -0.0651. The fraction of sp³-hybridized carbons (Fsp3) is 0.833. The number of rotatable bonds is 2. The van der Waals surface area contributed by atoms with Crippen LogP contribution in [0.15, 0.2) is 0 Å². The van der Waals surface area contributed by atoms with Crippen molar-refractivity contribution in [3.8, 4) is 0 Å². The average molecular weight is 96.0 g/mol. The van der Waals surface area contributed by atoms with E-state index in [0.29, 0.717) is 5.31 Å². The quantitative estimate of drug-likeness (QED) is 0.459. The molecule has 0 aliphatic heterocycles. The Labute approximate surface area is 46.8 Å². The molecule has 0 aromatic rings. The van der Waals surface area contributed by atoms with E-state index in [9.17, 15) is 0 Å². The fourth-order valence-electron chi connectivity index (χ4n) is 0.144. The Morgan fingerprint density at radius 2 is 2.00 bits per heavy atom. The zero-order chi connectivity index (χ0) is 5.91. The SMILES string of the molecule is C=BC(C)(C)CC. The molecule has 0 amide bonds. The maximum absolute atomic E-state index is 3.70. The van der Waals surface area contributed by atoms with Crippen LogP contribution >= 0.6 is 0 Å². The zero-order valence-corrected chi connectivity index (χ0v) is 5.49. The Balaban J connectivity index is 3.58. The topological polar surface area (TPSA) is 0 Å². The predicted molar refractivity (Wildman–Crippen MR) is 37.2 cm³/mol. The molecule has 0 aromatic carbocycles. The molecule has 0 saturated carbocycles. The van der Waals surface area contributed by atoms with Gasteiger partial charge in [-0.1, -0.05) is 0 Å². The first-order valence-corrected chi connectivity index (χ1v) is 2.76. The first-order valence-electron chi connectivity index (χ1n) is 2.76. The predicted octanol–water partition coefficient (Wildman–Crippen LogP) is 1.73. The van der Waals surface area contributed by atoms with Crippen LogP contribution in [0.1, 0.15) is 27.2 Å². The molecule has 7 heavy (non-hydrogen) atoms. The minimum atomic E-state index is 0.347. The normalized spacial score (nSPS) is 10.7. The molecular weight excluding hydrogens is 82.9 g/mol. The first-order chi connectivity index (χ1) is 3.12. The van der Waals surface area contributed by atoms with Crippen LogP contribution in [0.2, 0.25) is 5.31 Å². The van der Waals surface area contributed by atoms with Crippen molar-refractivity contribution in [3.05, 3.63) is 0 Å². The fourth-order valence-corrected chi connectivity index (χ4v) is 0.144.